The van der Waals surface area contributed by atoms with Gasteiger partial charge in [0.15, 0.2) is 0 Å². The number of ether oxygens (including phenoxy) is 2. The van der Waals surface area contributed by atoms with Gasteiger partial charge in [0.05, 0.1) is 6.42 Å². The molecule has 0 saturated carbocycles. The highest BCUT2D eigenvalue weighted by molar-refractivity contribution is 6.09. The lowest BCUT2D eigenvalue weighted by Gasteiger charge is -2.34. The predicted molar refractivity (Wildman–Crippen MR) is 77.0 cm³/mol. The van der Waals surface area contributed by atoms with Crippen LogP contribution in [0.1, 0.15) is 54.4 Å². The highest BCUT2D eigenvalue weighted by Gasteiger charge is 2.44. The molecule has 7 nitrogen and oxygen atoms in total. The van der Waals surface area contributed by atoms with Crippen LogP contribution in [-0.2, 0) is 23.9 Å². The number of esters is 1. The Bertz CT molecular complexity index is 497. The lowest BCUT2D eigenvalue weighted by atomic mass is 10.0. The first-order valence-electron chi connectivity index (χ1n) is 7.10. The molecule has 0 aliphatic carbocycles. The van der Waals surface area contributed by atoms with Crippen molar-refractivity contribution in [1.82, 2.24) is 4.90 Å². The third kappa shape index (κ3) is 5.13. The van der Waals surface area contributed by atoms with Gasteiger partial charge in [-0.15, -0.1) is 0 Å². The van der Waals surface area contributed by atoms with Gasteiger partial charge in [-0.2, -0.15) is 0 Å². The van der Waals surface area contributed by atoms with Crippen LogP contribution < -0.4 is 0 Å². The molecule has 1 atom stereocenters. The minimum absolute atomic E-state index is 0.250. The zero-order valence-electron chi connectivity index (χ0n) is 13.9. The van der Waals surface area contributed by atoms with Gasteiger partial charge in [0.25, 0.3) is 0 Å². The summed E-state index contributed by atoms with van der Waals surface area (Å²) in [6, 6.07) is -1.28. The standard InChI is InChI=1S/C15H23NO6/c1-14(2,3)21-12(19)10-7-9(17)8-11(18)16(10)13(20)22-15(4,5)6/h10H,7-8H2,1-6H3/t10-/m0/s1. The number of amides is 2. The molecule has 1 rings (SSSR count). The van der Waals surface area contributed by atoms with Crippen LogP contribution >= 0.6 is 0 Å². The molecule has 0 spiro atoms. The maximum atomic E-state index is 12.2. The molecule has 0 aromatic rings. The van der Waals surface area contributed by atoms with E-state index in [0.29, 0.717) is 4.90 Å². The van der Waals surface area contributed by atoms with Gasteiger partial charge < -0.3 is 9.47 Å². The molecule has 1 aliphatic rings. The topological polar surface area (TPSA) is 90.0 Å². The van der Waals surface area contributed by atoms with Crippen LogP contribution in [0, 0.1) is 0 Å². The fourth-order valence-electron chi connectivity index (χ4n) is 1.91. The number of hydrogen-bond acceptors (Lipinski definition) is 6. The van der Waals surface area contributed by atoms with Gasteiger partial charge >= 0.3 is 12.1 Å². The summed E-state index contributed by atoms with van der Waals surface area (Å²) in [4.78, 5) is 48.7. The fraction of sp³-hybridized carbons (Fsp3) is 0.733. The Hall–Kier alpha value is -1.92. The average Bonchev–Trinajstić information content (AvgIpc) is 2.22. The van der Waals surface area contributed by atoms with E-state index in [2.05, 4.69) is 0 Å². The average molecular weight is 313 g/mol. The lowest BCUT2D eigenvalue weighted by molar-refractivity contribution is -0.167. The highest BCUT2D eigenvalue weighted by Crippen LogP contribution is 2.22. The molecule has 0 N–H and O–H groups in total. The predicted octanol–water partition coefficient (Wildman–Crippen LogP) is 1.82. The van der Waals surface area contributed by atoms with Gasteiger partial charge in [-0.05, 0) is 41.5 Å². The number of piperidine rings is 1. The summed E-state index contributed by atoms with van der Waals surface area (Å²) in [5, 5.41) is 0. The molecule has 7 heteroatoms. The summed E-state index contributed by atoms with van der Waals surface area (Å²) < 4.78 is 10.3. The third-order valence-electron chi connectivity index (χ3n) is 2.62. The molecule has 2 amide bonds. The van der Waals surface area contributed by atoms with E-state index in [4.69, 9.17) is 9.47 Å². The molecule has 0 aromatic heterocycles. The van der Waals surface area contributed by atoms with E-state index in [1.165, 1.54) is 0 Å². The number of hydrogen-bond donors (Lipinski definition) is 0. The van der Waals surface area contributed by atoms with Crippen molar-refractivity contribution >= 4 is 23.8 Å². The van der Waals surface area contributed by atoms with E-state index in [0.717, 1.165) is 0 Å². The van der Waals surface area contributed by atoms with Crippen LogP contribution in [0.5, 0.6) is 0 Å². The van der Waals surface area contributed by atoms with Crippen LogP contribution in [0.4, 0.5) is 4.79 Å². The fourth-order valence-corrected chi connectivity index (χ4v) is 1.91. The Kier molecular flexibility index (Phi) is 4.99. The van der Waals surface area contributed by atoms with Crippen LogP contribution in [0.3, 0.4) is 0 Å². The van der Waals surface area contributed by atoms with Crippen LogP contribution in [-0.4, -0.2) is 45.9 Å². The molecule has 1 heterocycles. The van der Waals surface area contributed by atoms with E-state index >= 15 is 0 Å². The van der Waals surface area contributed by atoms with Gasteiger partial charge in [0.1, 0.15) is 23.0 Å². The smallest absolute Gasteiger partial charge is 0.417 e. The SMILES string of the molecule is CC(C)(C)OC(=O)[C@@H]1CC(=O)CC(=O)N1C(=O)OC(C)(C)C. The van der Waals surface area contributed by atoms with Crippen molar-refractivity contribution in [2.24, 2.45) is 0 Å². The normalized spacial score (nSPS) is 19.9. The van der Waals surface area contributed by atoms with Crippen molar-refractivity contribution in [1.29, 1.82) is 0 Å². The molecule has 1 saturated heterocycles. The van der Waals surface area contributed by atoms with Crippen molar-refractivity contribution < 1.29 is 28.7 Å². The molecular weight excluding hydrogens is 290 g/mol. The van der Waals surface area contributed by atoms with Crippen molar-refractivity contribution in [3.05, 3.63) is 0 Å². The van der Waals surface area contributed by atoms with Gasteiger partial charge in [0, 0.05) is 6.42 Å². The maximum Gasteiger partial charge on any atom is 0.417 e. The second-order valence-electron chi connectivity index (χ2n) is 7.21. The molecule has 124 valence electrons. The monoisotopic (exact) mass is 313 g/mol. The number of imide groups is 1. The number of likely N-dealkylation sites (tertiary alicyclic amines) is 1. The van der Waals surface area contributed by atoms with E-state index in [1.807, 2.05) is 0 Å². The second kappa shape index (κ2) is 6.06. The van der Waals surface area contributed by atoms with Crippen molar-refractivity contribution in [2.75, 3.05) is 0 Å². The number of Topliss-reactive ketones (excluding diaryl/α,β-unsaturated/α-hetero) is 1. The first-order valence-corrected chi connectivity index (χ1v) is 7.10. The summed E-state index contributed by atoms with van der Waals surface area (Å²) in [6.07, 6.45) is -1.61. The zero-order valence-corrected chi connectivity index (χ0v) is 13.9. The summed E-state index contributed by atoms with van der Waals surface area (Å²) in [5.41, 5.74) is -1.61. The molecular formula is C15H23NO6. The van der Waals surface area contributed by atoms with Gasteiger partial charge in [-0.1, -0.05) is 0 Å². The van der Waals surface area contributed by atoms with Crippen molar-refractivity contribution in [3.63, 3.8) is 0 Å². The van der Waals surface area contributed by atoms with E-state index in [1.54, 1.807) is 41.5 Å². The highest BCUT2D eigenvalue weighted by atomic mass is 16.6. The van der Waals surface area contributed by atoms with Gasteiger partial charge in [-0.3, -0.25) is 9.59 Å². The summed E-state index contributed by atoms with van der Waals surface area (Å²) in [5.74, 6) is -1.94. The molecule has 22 heavy (non-hydrogen) atoms. The number of ketones is 1. The Balaban J connectivity index is 3.02. The van der Waals surface area contributed by atoms with Gasteiger partial charge in [0.2, 0.25) is 5.91 Å². The molecule has 0 unspecified atom stereocenters. The Labute approximate surface area is 129 Å². The van der Waals surface area contributed by atoms with E-state index < -0.39 is 47.4 Å². The van der Waals surface area contributed by atoms with Crippen LogP contribution in [0.25, 0.3) is 0 Å². The van der Waals surface area contributed by atoms with Crippen molar-refractivity contribution in [3.8, 4) is 0 Å². The third-order valence-corrected chi connectivity index (χ3v) is 2.62. The number of nitrogens with zero attached hydrogens (tertiary/aromatic N) is 1. The molecule has 0 bridgehead atoms. The zero-order chi connectivity index (χ0) is 17.3. The molecule has 1 aliphatic heterocycles. The minimum atomic E-state index is -1.28. The van der Waals surface area contributed by atoms with Crippen LogP contribution in [0.2, 0.25) is 0 Å². The molecule has 0 radical (unpaired) electrons. The summed E-state index contributed by atoms with van der Waals surface area (Å²) in [6.45, 7) is 9.92. The number of rotatable bonds is 1. The summed E-state index contributed by atoms with van der Waals surface area (Å²) in [7, 11) is 0. The maximum absolute atomic E-state index is 12.2. The Morgan fingerprint density at radius 2 is 1.50 bits per heavy atom. The summed E-state index contributed by atoms with van der Waals surface area (Å²) >= 11 is 0. The Morgan fingerprint density at radius 1 is 1.00 bits per heavy atom. The quantitative estimate of drug-likeness (QED) is 0.542. The lowest BCUT2D eigenvalue weighted by Crippen LogP contribution is -2.55. The van der Waals surface area contributed by atoms with Gasteiger partial charge in [-0.25, -0.2) is 14.5 Å². The molecule has 0 aromatic carbocycles. The van der Waals surface area contributed by atoms with E-state index in [-0.39, 0.29) is 6.42 Å². The minimum Gasteiger partial charge on any atom is -0.458 e. The number of carbonyl (C=O) groups excluding carboxylic acids is 4. The first kappa shape index (κ1) is 18.1. The van der Waals surface area contributed by atoms with Crippen molar-refractivity contribution in [2.45, 2.75) is 71.6 Å². The second-order valence-corrected chi connectivity index (χ2v) is 7.21. The first-order chi connectivity index (χ1) is 9.80. The van der Waals surface area contributed by atoms with E-state index in [9.17, 15) is 19.2 Å². The largest absolute Gasteiger partial charge is 0.458 e. The van der Waals surface area contributed by atoms with Crippen LogP contribution in [0.15, 0.2) is 0 Å². The Morgan fingerprint density at radius 3 is 1.95 bits per heavy atom. The molecule has 1 fully saturated rings. The number of carbonyl (C=O) groups is 4.